The van der Waals surface area contributed by atoms with Crippen LogP contribution in [0.4, 0.5) is 0 Å². The zero-order valence-corrected chi connectivity index (χ0v) is 38.3. The molecule has 0 N–H and O–H groups in total. The third-order valence-corrected chi connectivity index (χ3v) is 14.7. The van der Waals surface area contributed by atoms with Crippen LogP contribution in [0.15, 0.2) is 170 Å². The summed E-state index contributed by atoms with van der Waals surface area (Å²) in [6.45, 7) is 9.16. The number of aromatic nitrogens is 4. The molecule has 0 amide bonds. The van der Waals surface area contributed by atoms with Gasteiger partial charge in [-0.15, -0.1) is 0 Å². The van der Waals surface area contributed by atoms with Crippen LogP contribution in [0.3, 0.4) is 0 Å². The zero-order chi connectivity index (χ0) is 42.8. The van der Waals surface area contributed by atoms with E-state index >= 15 is 0 Å². The van der Waals surface area contributed by atoms with E-state index < -0.39 is 0 Å². The molecule has 0 radical (unpaired) electrons. The number of pyridine rings is 2. The number of imidazole rings is 1. The fourth-order valence-corrected chi connectivity index (χ4v) is 10.8. The normalized spacial score (nSPS) is 12.9. The Kier molecular flexibility index (Phi) is 9.77. The summed E-state index contributed by atoms with van der Waals surface area (Å²) in [6, 6.07) is 56.9. The Morgan fingerprint density at radius 1 is 0.556 bits per heavy atom. The van der Waals surface area contributed by atoms with E-state index in [0.29, 0.717) is 0 Å². The topological polar surface area (TPSA) is 36.4 Å². The molecule has 6 heterocycles. The molecule has 4 bridgehead atoms. The first-order valence-corrected chi connectivity index (χ1v) is 23.1. The second kappa shape index (κ2) is 15.7. The second-order valence-corrected chi connectivity index (χ2v) is 18.6. The van der Waals surface area contributed by atoms with Gasteiger partial charge in [0, 0.05) is 11.6 Å². The minimum atomic E-state index is -0.221. The molecular formula is C57H48N4OPt. The molecule has 0 atom stereocenters. The van der Waals surface area contributed by atoms with Crippen LogP contribution in [-0.2, 0) is 50.5 Å². The van der Waals surface area contributed by atoms with Crippen molar-refractivity contribution in [3.8, 4) is 34.1 Å². The van der Waals surface area contributed by atoms with E-state index in [1.807, 2.05) is 6.20 Å². The second-order valence-electron chi connectivity index (χ2n) is 17.6. The van der Waals surface area contributed by atoms with Crippen molar-refractivity contribution in [1.29, 1.82) is 0 Å². The summed E-state index contributed by atoms with van der Waals surface area (Å²) in [7, 11) is 0. The predicted molar refractivity (Wildman–Crippen MR) is 253 cm³/mol. The van der Waals surface area contributed by atoms with Gasteiger partial charge in [-0.05, 0) is 28.3 Å². The Bertz CT molecular complexity index is 3450. The van der Waals surface area contributed by atoms with Crippen LogP contribution in [0.25, 0.3) is 50.0 Å². The number of hydrogen-bond acceptors (Lipinski definition) is 2. The van der Waals surface area contributed by atoms with Gasteiger partial charge in [0.25, 0.3) is 0 Å². The summed E-state index contributed by atoms with van der Waals surface area (Å²) < 4.78 is 15.1. The monoisotopic (exact) mass is 999 g/mol. The maximum absolute atomic E-state index is 6.82. The molecule has 2 aliphatic heterocycles. The fraction of sp³-hybridized carbons (Fsp3) is 0.158. The molecule has 6 heteroatoms. The number of rotatable bonds is 7. The van der Waals surface area contributed by atoms with Gasteiger partial charge in [-0.1, -0.05) is 80.6 Å². The maximum atomic E-state index is 6.82. The van der Waals surface area contributed by atoms with Crippen molar-refractivity contribution in [2.75, 3.05) is 0 Å². The summed E-state index contributed by atoms with van der Waals surface area (Å²) in [5, 5.41) is 2.32. The van der Waals surface area contributed by atoms with Gasteiger partial charge >= 0.3 is 261 Å². The van der Waals surface area contributed by atoms with Crippen LogP contribution in [0.2, 0.25) is 0 Å². The van der Waals surface area contributed by atoms with E-state index in [0.717, 1.165) is 68.9 Å². The van der Waals surface area contributed by atoms with Gasteiger partial charge in [-0.2, -0.15) is 0 Å². The summed E-state index contributed by atoms with van der Waals surface area (Å²) in [4.78, 5) is 5.03. The number of hydrogen-bond donors (Lipinski definition) is 0. The fourth-order valence-electron chi connectivity index (χ4n) is 9.77. The van der Waals surface area contributed by atoms with Gasteiger partial charge in [0.15, 0.2) is 0 Å². The Balaban J connectivity index is 0.991. The molecule has 0 unspecified atom stereocenters. The zero-order valence-electron chi connectivity index (χ0n) is 36.0. The summed E-state index contributed by atoms with van der Waals surface area (Å²) in [5.74, 6) is 2.42. The van der Waals surface area contributed by atoms with Crippen LogP contribution in [0.5, 0.6) is 11.5 Å². The van der Waals surface area contributed by atoms with E-state index in [4.69, 9.17) is 9.72 Å². The molecular weight excluding hydrogens is 952 g/mol. The Hall–Kier alpha value is -6.55. The van der Waals surface area contributed by atoms with Crippen LogP contribution >= 0.6 is 0 Å². The van der Waals surface area contributed by atoms with Crippen molar-refractivity contribution in [2.24, 2.45) is 0 Å². The molecule has 63 heavy (non-hydrogen) atoms. The van der Waals surface area contributed by atoms with Crippen molar-refractivity contribution in [1.82, 2.24) is 18.5 Å². The molecule has 312 valence electrons. The first kappa shape index (κ1) is 39.3. The predicted octanol–water partition coefficient (Wildman–Crippen LogP) is 13.6. The SMILES string of the molecule is Cc1c2ccc(c1C)CCc1ccc(c3cn(-c4cccc(Oc5ccc6c7cc(-c8ccccc8)ccc7n(-c7cc(C(C)(C)c8ccccc8)ccn7)c6c5)c4)[c](=[Pt])n13)CC2. The molecule has 10 aromatic rings. The van der Waals surface area contributed by atoms with Crippen molar-refractivity contribution < 1.29 is 24.1 Å². The molecule has 4 aliphatic rings. The third-order valence-electron chi connectivity index (χ3n) is 13.6. The van der Waals surface area contributed by atoms with E-state index in [9.17, 15) is 0 Å². The number of fused-ring (bicyclic) bond motifs is 3. The van der Waals surface area contributed by atoms with Gasteiger partial charge in [-0.3, -0.25) is 0 Å². The molecule has 2 aliphatic carbocycles. The summed E-state index contributed by atoms with van der Waals surface area (Å²) in [6.07, 6.45) is 8.27. The van der Waals surface area contributed by atoms with E-state index in [-0.39, 0.29) is 5.41 Å². The first-order valence-electron chi connectivity index (χ1n) is 21.9. The number of nitrogens with zero attached hydrogens (tertiary/aromatic N) is 4. The Labute approximate surface area is 379 Å². The summed E-state index contributed by atoms with van der Waals surface area (Å²) in [5.41, 5.74) is 17.6. The quantitative estimate of drug-likeness (QED) is 0.160. The number of ether oxygens (including phenoxy) is 1. The van der Waals surface area contributed by atoms with Gasteiger partial charge in [-0.25, -0.2) is 0 Å². The van der Waals surface area contributed by atoms with Crippen molar-refractivity contribution in [3.63, 3.8) is 0 Å². The van der Waals surface area contributed by atoms with Crippen LogP contribution in [-0.4, -0.2) is 18.5 Å². The first-order chi connectivity index (χ1) is 30.7. The molecule has 6 aromatic carbocycles. The van der Waals surface area contributed by atoms with E-state index in [2.05, 4.69) is 225 Å². The van der Waals surface area contributed by atoms with E-state index in [1.165, 1.54) is 66.7 Å². The van der Waals surface area contributed by atoms with Crippen molar-refractivity contribution >= 4 is 27.3 Å². The standard InChI is InChI=1S/C57H48N4O.Pt/c1-38-39(2)41-19-18-40(38)20-21-43-23-26-47(25-22-41)60-37-59(36-55(43)60)48-16-11-17-49(34-48)62-50-27-28-51-52-32-44(42-12-7-5-8-13-42)24-29-53(52)61(54(51)35-50)56-33-46(30-31-58-56)57(3,4)45-14-9-6-10-15-45;/h5-19,23-24,26-36H,20-22,25H2,1-4H3;. The van der Waals surface area contributed by atoms with Gasteiger partial charge in [0.1, 0.15) is 0 Å². The van der Waals surface area contributed by atoms with E-state index in [1.54, 1.807) is 0 Å². The molecule has 0 saturated carbocycles. The van der Waals surface area contributed by atoms with Crippen molar-refractivity contribution in [2.45, 2.75) is 58.8 Å². The van der Waals surface area contributed by atoms with Gasteiger partial charge in [0.05, 0.1) is 0 Å². The van der Waals surface area contributed by atoms with Crippen LogP contribution < -0.4 is 4.74 Å². The number of benzene rings is 6. The van der Waals surface area contributed by atoms with Gasteiger partial charge < -0.3 is 0 Å². The average molecular weight is 1000 g/mol. The van der Waals surface area contributed by atoms with Crippen LogP contribution in [0, 0.1) is 17.7 Å². The Morgan fingerprint density at radius 3 is 2.06 bits per heavy atom. The molecule has 0 saturated heterocycles. The molecule has 4 aromatic heterocycles. The molecule has 0 spiro atoms. The minimum absolute atomic E-state index is 0.221. The molecule has 0 fully saturated rings. The van der Waals surface area contributed by atoms with Crippen LogP contribution in [0.1, 0.15) is 58.5 Å². The third kappa shape index (κ3) is 6.91. The average Bonchev–Trinajstić information content (AvgIpc) is 3.83. The molecule has 5 nitrogen and oxygen atoms in total. The molecule has 14 rings (SSSR count). The number of aryl methyl sites for hydroxylation is 4. The van der Waals surface area contributed by atoms with Gasteiger partial charge in [0.2, 0.25) is 0 Å². The Morgan fingerprint density at radius 2 is 1.27 bits per heavy atom. The van der Waals surface area contributed by atoms with Crippen molar-refractivity contribution in [3.05, 3.63) is 219 Å². The summed E-state index contributed by atoms with van der Waals surface area (Å²) >= 11 is 2.51.